The van der Waals surface area contributed by atoms with E-state index in [1.807, 2.05) is 27.7 Å². The van der Waals surface area contributed by atoms with Crippen LogP contribution in [0.3, 0.4) is 0 Å². The average Bonchev–Trinajstić information content (AvgIpc) is 1.82. The molecule has 0 aliphatic carbocycles. The third kappa shape index (κ3) is 5.80. The van der Waals surface area contributed by atoms with E-state index in [0.29, 0.717) is 0 Å². The van der Waals surface area contributed by atoms with Crippen molar-refractivity contribution in [3.8, 4) is 0 Å². The predicted octanol–water partition coefficient (Wildman–Crippen LogP) is 2.53. The molecule has 0 aromatic rings. The summed E-state index contributed by atoms with van der Waals surface area (Å²) in [5, 5.41) is 0. The van der Waals surface area contributed by atoms with E-state index in [1.165, 1.54) is 0 Å². The molecule has 1 atom stereocenters. The van der Waals surface area contributed by atoms with Gasteiger partial charge in [0.2, 0.25) is 0 Å². The van der Waals surface area contributed by atoms with Crippen LogP contribution in [0.1, 0.15) is 27.7 Å². The van der Waals surface area contributed by atoms with E-state index < -0.39 is 15.2 Å². The van der Waals surface area contributed by atoms with Gasteiger partial charge in [0.1, 0.15) is 0 Å². The van der Waals surface area contributed by atoms with E-state index in [4.69, 9.17) is 4.74 Å². The molecule has 0 saturated carbocycles. The first-order chi connectivity index (χ1) is 4.87. The van der Waals surface area contributed by atoms with Gasteiger partial charge in [0, 0.05) is 0 Å². The molecule has 0 saturated heterocycles. The zero-order valence-electron chi connectivity index (χ0n) is 7.48. The van der Waals surface area contributed by atoms with Gasteiger partial charge < -0.3 is 0 Å². The normalized spacial score (nSPS) is 13.5. The number of halogens is 1. The standard InChI is InChI=1S/C7H13O2.BrH.Zn/c1-5-6(8)9-7(2,3)4;;/h5H,1-4H3;1H;/q;;+1/p-1. The predicted molar refractivity (Wildman–Crippen MR) is 44.2 cm³/mol. The molecular formula is C7H13BrO2Zn. The molecule has 0 aliphatic heterocycles. The van der Waals surface area contributed by atoms with E-state index in [1.54, 1.807) is 0 Å². The van der Waals surface area contributed by atoms with Crippen molar-refractivity contribution in [2.24, 2.45) is 0 Å². The molecule has 0 bridgehead atoms. The summed E-state index contributed by atoms with van der Waals surface area (Å²) < 4.78 is 5.29. The number of esters is 1. The number of rotatable bonds is 2. The zero-order valence-corrected chi connectivity index (χ0v) is 12.0. The summed E-state index contributed by atoms with van der Waals surface area (Å²) in [7, 11) is 0. The van der Waals surface area contributed by atoms with Gasteiger partial charge in [0.05, 0.1) is 0 Å². The van der Waals surface area contributed by atoms with Crippen LogP contribution in [0.15, 0.2) is 0 Å². The Bertz CT molecular complexity index is 142. The molecule has 0 aromatic heterocycles. The minimum absolute atomic E-state index is 0.0608. The van der Waals surface area contributed by atoms with E-state index in [0.717, 1.165) is 0 Å². The molecule has 1 unspecified atom stereocenters. The van der Waals surface area contributed by atoms with Gasteiger partial charge in [-0.2, -0.15) is 0 Å². The maximum atomic E-state index is 11.2. The molecule has 0 fully saturated rings. The van der Waals surface area contributed by atoms with Crippen molar-refractivity contribution in [3.63, 3.8) is 0 Å². The first kappa shape index (κ1) is 11.6. The van der Waals surface area contributed by atoms with Gasteiger partial charge in [-0.15, -0.1) is 0 Å². The van der Waals surface area contributed by atoms with Crippen molar-refractivity contribution in [2.75, 3.05) is 0 Å². The molecule has 0 spiro atoms. The molecule has 0 N–H and O–H groups in total. The quantitative estimate of drug-likeness (QED) is 0.571. The number of carbonyl (C=O) groups excluding carboxylic acids is 1. The average molecular weight is 274 g/mol. The summed E-state index contributed by atoms with van der Waals surface area (Å²) in [6.07, 6.45) is 0. The second-order valence-electron chi connectivity index (χ2n) is 3.59. The van der Waals surface area contributed by atoms with Gasteiger partial charge in [-0.25, -0.2) is 0 Å². The molecule has 0 radical (unpaired) electrons. The second kappa shape index (κ2) is 4.56. The van der Waals surface area contributed by atoms with E-state index in [2.05, 4.69) is 13.6 Å². The first-order valence-corrected chi connectivity index (χ1v) is 12.3. The van der Waals surface area contributed by atoms with Gasteiger partial charge in [0.15, 0.2) is 0 Å². The Morgan fingerprint density at radius 2 is 2.00 bits per heavy atom. The molecule has 0 rings (SSSR count). The summed E-state index contributed by atoms with van der Waals surface area (Å²) in [4.78, 5) is 11.2. The number of ether oxygens (including phenoxy) is 1. The summed E-state index contributed by atoms with van der Waals surface area (Å²) in [5.74, 6) is -0.0608. The molecule has 4 heteroatoms. The number of carbonyl (C=O) groups is 1. The Labute approximate surface area is 82.0 Å². The Morgan fingerprint density at radius 1 is 1.55 bits per heavy atom. The van der Waals surface area contributed by atoms with Gasteiger partial charge in [0.25, 0.3) is 0 Å². The van der Waals surface area contributed by atoms with Crippen LogP contribution in [-0.4, -0.2) is 11.6 Å². The summed E-state index contributed by atoms with van der Waals surface area (Å²) >= 11 is 2.59. The van der Waals surface area contributed by atoms with Crippen LogP contribution in [-0.2, 0) is 24.7 Å². The summed E-state index contributed by atoms with van der Waals surface area (Å²) in [5.41, 5.74) is -0.338. The fourth-order valence-corrected chi connectivity index (χ4v) is 2.28. The Morgan fingerprint density at radius 3 is 2.27 bits per heavy atom. The molecular weight excluding hydrogens is 261 g/mol. The monoisotopic (exact) mass is 272 g/mol. The van der Waals surface area contributed by atoms with Gasteiger partial charge in [-0.05, 0) is 0 Å². The van der Waals surface area contributed by atoms with E-state index in [9.17, 15) is 4.79 Å². The van der Waals surface area contributed by atoms with Crippen LogP contribution in [0.2, 0.25) is 4.51 Å². The third-order valence-corrected chi connectivity index (χ3v) is 7.76. The second-order valence-corrected chi connectivity index (χ2v) is 10.2. The fourth-order valence-electron chi connectivity index (χ4n) is 0.465. The Hall–Kier alpha value is 0.573. The summed E-state index contributed by atoms with van der Waals surface area (Å²) in [6.45, 7) is 7.58. The molecule has 0 aromatic carbocycles. The van der Waals surface area contributed by atoms with E-state index >= 15 is 0 Å². The zero-order chi connectivity index (χ0) is 9.07. The fraction of sp³-hybridized carbons (Fsp3) is 0.857. The van der Waals surface area contributed by atoms with Gasteiger partial charge >= 0.3 is 82.1 Å². The van der Waals surface area contributed by atoms with Crippen LogP contribution in [0, 0.1) is 0 Å². The van der Waals surface area contributed by atoms with Crippen molar-refractivity contribution >= 4 is 19.6 Å². The third-order valence-electron chi connectivity index (χ3n) is 1.04. The topological polar surface area (TPSA) is 26.3 Å². The Kier molecular flexibility index (Phi) is 4.80. The molecule has 11 heavy (non-hydrogen) atoms. The summed E-state index contributed by atoms with van der Waals surface area (Å²) in [6, 6.07) is 0. The van der Waals surface area contributed by atoms with Crippen molar-refractivity contribution < 1.29 is 24.7 Å². The van der Waals surface area contributed by atoms with Crippen LogP contribution >= 0.6 is 13.6 Å². The van der Waals surface area contributed by atoms with Gasteiger partial charge in [-0.1, -0.05) is 0 Å². The van der Waals surface area contributed by atoms with Crippen molar-refractivity contribution in [1.82, 2.24) is 0 Å². The molecule has 2 nitrogen and oxygen atoms in total. The maximum absolute atomic E-state index is 11.2. The molecule has 0 amide bonds. The molecule has 62 valence electrons. The van der Waals surface area contributed by atoms with Crippen molar-refractivity contribution in [3.05, 3.63) is 0 Å². The van der Waals surface area contributed by atoms with Crippen LogP contribution < -0.4 is 0 Å². The SMILES string of the molecule is C[CH]([Zn][Br])C(=O)OC(C)(C)C. The van der Waals surface area contributed by atoms with Crippen LogP contribution in [0.4, 0.5) is 0 Å². The molecule has 0 heterocycles. The minimum atomic E-state index is -0.823. The van der Waals surface area contributed by atoms with Crippen molar-refractivity contribution in [1.29, 1.82) is 0 Å². The number of hydrogen-bond acceptors (Lipinski definition) is 2. The van der Waals surface area contributed by atoms with E-state index in [-0.39, 0.29) is 16.1 Å². The molecule has 0 aliphatic rings. The van der Waals surface area contributed by atoms with Crippen LogP contribution in [0.5, 0.6) is 0 Å². The first-order valence-electron chi connectivity index (χ1n) is 3.65. The number of hydrogen-bond donors (Lipinski definition) is 0. The van der Waals surface area contributed by atoms with Crippen LogP contribution in [0.25, 0.3) is 0 Å². The van der Waals surface area contributed by atoms with Crippen molar-refractivity contribution in [2.45, 2.75) is 37.8 Å². The Balaban J connectivity index is 3.88. The van der Waals surface area contributed by atoms with Gasteiger partial charge in [-0.3, -0.25) is 0 Å².